The molecule has 3 rings (SSSR count). The van der Waals surface area contributed by atoms with Gasteiger partial charge in [-0.2, -0.15) is 0 Å². The molecule has 0 atom stereocenters. The van der Waals surface area contributed by atoms with E-state index in [1.807, 2.05) is 18.2 Å². The zero-order chi connectivity index (χ0) is 12.6. The van der Waals surface area contributed by atoms with E-state index in [1.54, 1.807) is 0 Å². The first-order valence-electron chi connectivity index (χ1n) is 6.73. The van der Waals surface area contributed by atoms with Crippen LogP contribution in [0.5, 0.6) is 5.75 Å². The fourth-order valence-corrected chi connectivity index (χ4v) is 3.42. The van der Waals surface area contributed by atoms with Crippen LogP contribution in [0.4, 0.5) is 0 Å². The maximum atomic E-state index is 11.8. The van der Waals surface area contributed by atoms with Crippen molar-refractivity contribution in [2.24, 2.45) is 0 Å². The molecule has 0 spiro atoms. The van der Waals surface area contributed by atoms with E-state index in [4.69, 9.17) is 4.74 Å². The Bertz CT molecular complexity index is 473. The number of ether oxygens (including phenoxy) is 1. The molecular weight excluding hydrogens is 228 g/mol. The normalized spacial score (nSPS) is 21.1. The average Bonchev–Trinajstić information content (AvgIpc) is 2.87. The smallest absolute Gasteiger partial charge is 0.314 e. The highest BCUT2D eigenvalue weighted by Crippen LogP contribution is 2.44. The quantitative estimate of drug-likeness (QED) is 0.872. The lowest BCUT2D eigenvalue weighted by atomic mass is 9.68. The summed E-state index contributed by atoms with van der Waals surface area (Å²) in [6.07, 6.45) is 5.55. The van der Waals surface area contributed by atoms with Crippen molar-refractivity contribution < 1.29 is 14.6 Å². The van der Waals surface area contributed by atoms with E-state index in [9.17, 15) is 9.90 Å². The summed E-state index contributed by atoms with van der Waals surface area (Å²) in [4.78, 5) is 11.8. The Hall–Kier alpha value is -1.51. The van der Waals surface area contributed by atoms with Gasteiger partial charge in [0.05, 0.1) is 12.0 Å². The van der Waals surface area contributed by atoms with Crippen molar-refractivity contribution in [2.45, 2.75) is 43.9 Å². The van der Waals surface area contributed by atoms with Crippen molar-refractivity contribution in [3.8, 4) is 5.75 Å². The lowest BCUT2D eigenvalue weighted by Gasteiger charge is -2.34. The van der Waals surface area contributed by atoms with Crippen LogP contribution >= 0.6 is 0 Å². The molecule has 18 heavy (non-hydrogen) atoms. The zero-order valence-corrected chi connectivity index (χ0v) is 10.4. The van der Waals surface area contributed by atoms with Crippen molar-refractivity contribution in [3.63, 3.8) is 0 Å². The predicted molar refractivity (Wildman–Crippen MR) is 68.0 cm³/mol. The van der Waals surface area contributed by atoms with E-state index in [-0.39, 0.29) is 0 Å². The Balaban J connectivity index is 2.11. The molecule has 3 nitrogen and oxygen atoms in total. The van der Waals surface area contributed by atoms with Gasteiger partial charge < -0.3 is 9.84 Å². The summed E-state index contributed by atoms with van der Waals surface area (Å²) < 4.78 is 5.56. The van der Waals surface area contributed by atoms with Gasteiger partial charge in [0.15, 0.2) is 0 Å². The average molecular weight is 246 g/mol. The van der Waals surface area contributed by atoms with Crippen LogP contribution in [0.3, 0.4) is 0 Å². The summed E-state index contributed by atoms with van der Waals surface area (Å²) >= 11 is 0. The number of carbonyl (C=O) groups is 1. The molecular formula is C15H18O3. The van der Waals surface area contributed by atoms with Gasteiger partial charge in [0.2, 0.25) is 0 Å². The summed E-state index contributed by atoms with van der Waals surface area (Å²) in [7, 11) is 0. The molecule has 1 aliphatic heterocycles. The Kier molecular flexibility index (Phi) is 2.77. The van der Waals surface area contributed by atoms with Crippen LogP contribution in [0.2, 0.25) is 0 Å². The number of fused-ring (bicyclic) bond motifs is 1. The summed E-state index contributed by atoms with van der Waals surface area (Å²) in [5.74, 6) is 0.223. The van der Waals surface area contributed by atoms with E-state index < -0.39 is 11.4 Å². The van der Waals surface area contributed by atoms with Crippen LogP contribution in [0.25, 0.3) is 0 Å². The van der Waals surface area contributed by atoms with E-state index in [0.29, 0.717) is 6.61 Å². The SMILES string of the molecule is O=C(O)C1(c2cccc3c2CCO3)CCCCC1. The van der Waals surface area contributed by atoms with Gasteiger partial charge in [0.25, 0.3) is 0 Å². The molecule has 1 N–H and O–H groups in total. The Morgan fingerprint density at radius 1 is 1.22 bits per heavy atom. The van der Waals surface area contributed by atoms with Crippen LogP contribution in [0.1, 0.15) is 43.2 Å². The summed E-state index contributed by atoms with van der Waals surface area (Å²) in [6, 6.07) is 5.87. The van der Waals surface area contributed by atoms with Crippen LogP contribution in [-0.2, 0) is 16.6 Å². The summed E-state index contributed by atoms with van der Waals surface area (Å²) in [5.41, 5.74) is 1.46. The van der Waals surface area contributed by atoms with E-state index in [2.05, 4.69) is 0 Å². The molecule has 3 heteroatoms. The molecule has 0 amide bonds. The minimum absolute atomic E-state index is 0.664. The number of benzene rings is 1. The number of hydrogen-bond donors (Lipinski definition) is 1. The summed E-state index contributed by atoms with van der Waals surface area (Å²) in [6.45, 7) is 0.683. The van der Waals surface area contributed by atoms with Gasteiger partial charge >= 0.3 is 5.97 Å². The van der Waals surface area contributed by atoms with Gasteiger partial charge in [-0.25, -0.2) is 0 Å². The van der Waals surface area contributed by atoms with E-state index in [1.165, 1.54) is 0 Å². The van der Waals surface area contributed by atoms with Gasteiger partial charge in [-0.3, -0.25) is 4.79 Å². The minimum atomic E-state index is -0.669. The number of carboxylic acids is 1. The standard InChI is InChI=1S/C15H18O3/c16-14(17)15(8-2-1-3-9-15)12-5-4-6-13-11(12)7-10-18-13/h4-6H,1-3,7-10H2,(H,16,17). The first-order valence-corrected chi connectivity index (χ1v) is 6.73. The molecule has 2 aliphatic rings. The second-order valence-electron chi connectivity index (χ2n) is 5.33. The largest absolute Gasteiger partial charge is 0.493 e. The van der Waals surface area contributed by atoms with Gasteiger partial charge in [-0.15, -0.1) is 0 Å². The third-order valence-electron chi connectivity index (χ3n) is 4.37. The van der Waals surface area contributed by atoms with E-state index >= 15 is 0 Å². The molecule has 0 unspecified atom stereocenters. The second kappa shape index (κ2) is 4.30. The number of aliphatic carboxylic acids is 1. The third kappa shape index (κ3) is 1.61. The molecule has 1 fully saturated rings. The van der Waals surface area contributed by atoms with Crippen molar-refractivity contribution in [3.05, 3.63) is 29.3 Å². The molecule has 0 radical (unpaired) electrons. The van der Waals surface area contributed by atoms with Gasteiger partial charge in [0.1, 0.15) is 5.75 Å². The Labute approximate surface area is 107 Å². The molecule has 1 saturated carbocycles. The fourth-order valence-electron chi connectivity index (χ4n) is 3.42. The minimum Gasteiger partial charge on any atom is -0.493 e. The number of carboxylic acid groups (broad SMARTS) is 1. The molecule has 0 bridgehead atoms. The lowest BCUT2D eigenvalue weighted by Crippen LogP contribution is -2.38. The maximum absolute atomic E-state index is 11.8. The summed E-state index contributed by atoms with van der Waals surface area (Å²) in [5, 5.41) is 9.73. The highest BCUT2D eigenvalue weighted by Gasteiger charge is 2.43. The van der Waals surface area contributed by atoms with Crippen molar-refractivity contribution >= 4 is 5.97 Å². The highest BCUT2D eigenvalue weighted by molar-refractivity contribution is 5.82. The van der Waals surface area contributed by atoms with Gasteiger partial charge in [-0.05, 0) is 24.5 Å². The second-order valence-corrected chi connectivity index (χ2v) is 5.33. The van der Waals surface area contributed by atoms with Gasteiger partial charge in [0, 0.05) is 12.0 Å². The van der Waals surface area contributed by atoms with E-state index in [0.717, 1.165) is 55.4 Å². The lowest BCUT2D eigenvalue weighted by molar-refractivity contribution is -0.145. The monoisotopic (exact) mass is 246 g/mol. The number of rotatable bonds is 2. The highest BCUT2D eigenvalue weighted by atomic mass is 16.5. The maximum Gasteiger partial charge on any atom is 0.314 e. The van der Waals surface area contributed by atoms with Crippen LogP contribution in [0.15, 0.2) is 18.2 Å². The van der Waals surface area contributed by atoms with Gasteiger partial charge in [-0.1, -0.05) is 31.4 Å². The Morgan fingerprint density at radius 3 is 2.72 bits per heavy atom. The topological polar surface area (TPSA) is 46.5 Å². The molecule has 0 aromatic heterocycles. The van der Waals surface area contributed by atoms with Crippen LogP contribution in [-0.4, -0.2) is 17.7 Å². The van der Waals surface area contributed by atoms with Crippen molar-refractivity contribution in [1.82, 2.24) is 0 Å². The molecule has 0 saturated heterocycles. The first-order chi connectivity index (χ1) is 8.74. The Morgan fingerprint density at radius 2 is 2.00 bits per heavy atom. The van der Waals surface area contributed by atoms with Crippen LogP contribution in [0, 0.1) is 0 Å². The fraction of sp³-hybridized carbons (Fsp3) is 0.533. The third-order valence-corrected chi connectivity index (χ3v) is 4.37. The molecule has 1 aromatic rings. The molecule has 96 valence electrons. The number of hydrogen-bond acceptors (Lipinski definition) is 2. The zero-order valence-electron chi connectivity index (χ0n) is 10.4. The van der Waals surface area contributed by atoms with Crippen molar-refractivity contribution in [2.75, 3.05) is 6.61 Å². The van der Waals surface area contributed by atoms with Crippen molar-refractivity contribution in [1.29, 1.82) is 0 Å². The predicted octanol–water partition coefficient (Wildman–Crippen LogP) is 2.91. The van der Waals surface area contributed by atoms with Crippen LogP contribution < -0.4 is 4.74 Å². The molecule has 1 aliphatic carbocycles. The molecule has 1 heterocycles. The molecule has 1 aromatic carbocycles. The first kappa shape index (κ1) is 11.6.